The molecule has 1 fully saturated rings. The van der Waals surface area contributed by atoms with Gasteiger partial charge in [0.05, 0.1) is 11.7 Å². The van der Waals surface area contributed by atoms with Crippen LogP contribution in [-0.4, -0.2) is 36.1 Å². The van der Waals surface area contributed by atoms with E-state index in [1.807, 2.05) is 6.20 Å². The van der Waals surface area contributed by atoms with Gasteiger partial charge in [-0.25, -0.2) is 0 Å². The third-order valence-corrected chi connectivity index (χ3v) is 4.35. The number of nitrogens with zero attached hydrogens (tertiary/aromatic N) is 2. The fraction of sp³-hybridized carbons (Fsp3) is 0.421. The molecule has 1 unspecified atom stereocenters. The van der Waals surface area contributed by atoms with Crippen molar-refractivity contribution in [2.45, 2.75) is 26.3 Å². The zero-order chi connectivity index (χ0) is 15.4. The fourth-order valence-corrected chi connectivity index (χ4v) is 3.08. The van der Waals surface area contributed by atoms with Crippen LogP contribution in [-0.2, 0) is 0 Å². The van der Waals surface area contributed by atoms with Gasteiger partial charge in [-0.2, -0.15) is 0 Å². The Morgan fingerprint density at radius 2 is 1.73 bits per heavy atom. The number of hydrogen-bond acceptors (Lipinski definition) is 3. The summed E-state index contributed by atoms with van der Waals surface area (Å²) in [6.07, 6.45) is 3.17. The maximum atomic E-state index is 4.72. The molecule has 1 saturated heterocycles. The highest BCUT2D eigenvalue weighted by Crippen LogP contribution is 2.28. The fourth-order valence-electron chi connectivity index (χ4n) is 3.08. The minimum Gasteiger partial charge on any atom is -0.315 e. The van der Waals surface area contributed by atoms with Crippen molar-refractivity contribution < 1.29 is 0 Å². The van der Waals surface area contributed by atoms with Crippen LogP contribution in [0.1, 0.15) is 34.8 Å². The highest BCUT2D eigenvalue weighted by molar-refractivity contribution is 5.31. The van der Waals surface area contributed by atoms with Gasteiger partial charge >= 0.3 is 0 Å². The average Bonchev–Trinajstić information content (AvgIpc) is 2.81. The highest BCUT2D eigenvalue weighted by Gasteiger charge is 2.24. The van der Waals surface area contributed by atoms with E-state index in [0.29, 0.717) is 0 Å². The topological polar surface area (TPSA) is 28.2 Å². The van der Waals surface area contributed by atoms with E-state index in [-0.39, 0.29) is 6.04 Å². The number of benzene rings is 1. The SMILES string of the molecule is Cc1ccc(C(c2ccc(C)cn2)N2CCCNCC2)cc1. The Morgan fingerprint density at radius 1 is 0.955 bits per heavy atom. The molecule has 0 amide bonds. The minimum absolute atomic E-state index is 0.251. The van der Waals surface area contributed by atoms with Crippen molar-refractivity contribution in [3.8, 4) is 0 Å². The molecule has 0 radical (unpaired) electrons. The summed E-state index contributed by atoms with van der Waals surface area (Å²) in [5, 5.41) is 3.49. The van der Waals surface area contributed by atoms with Crippen molar-refractivity contribution in [1.82, 2.24) is 15.2 Å². The summed E-state index contributed by atoms with van der Waals surface area (Å²) in [6, 6.07) is 13.5. The van der Waals surface area contributed by atoms with Crippen molar-refractivity contribution in [2.24, 2.45) is 0 Å². The zero-order valence-corrected chi connectivity index (χ0v) is 13.5. The average molecular weight is 295 g/mol. The maximum Gasteiger partial charge on any atom is 0.0776 e. The van der Waals surface area contributed by atoms with Crippen LogP contribution in [0.4, 0.5) is 0 Å². The maximum absolute atomic E-state index is 4.72. The Morgan fingerprint density at radius 3 is 2.45 bits per heavy atom. The summed E-state index contributed by atoms with van der Waals surface area (Å²) in [5.74, 6) is 0. The normalized spacial score (nSPS) is 17.9. The van der Waals surface area contributed by atoms with Crippen LogP contribution in [0.2, 0.25) is 0 Å². The first-order valence-electron chi connectivity index (χ1n) is 8.18. The van der Waals surface area contributed by atoms with Gasteiger partial charge in [0.2, 0.25) is 0 Å². The molecule has 2 heterocycles. The Bertz CT molecular complexity index is 536. The van der Waals surface area contributed by atoms with Crippen molar-refractivity contribution in [1.29, 1.82) is 0 Å². The molecule has 1 N–H and O–H groups in total. The van der Waals surface area contributed by atoms with E-state index in [9.17, 15) is 0 Å². The van der Waals surface area contributed by atoms with Crippen molar-refractivity contribution in [3.05, 3.63) is 65.0 Å². The van der Waals surface area contributed by atoms with Gasteiger partial charge in [0.15, 0.2) is 0 Å². The molecule has 1 atom stereocenters. The molecule has 3 nitrogen and oxygen atoms in total. The van der Waals surface area contributed by atoms with Gasteiger partial charge in [-0.3, -0.25) is 9.88 Å². The van der Waals surface area contributed by atoms with Crippen LogP contribution in [0.15, 0.2) is 42.6 Å². The lowest BCUT2D eigenvalue weighted by Crippen LogP contribution is -2.33. The number of pyridine rings is 1. The van der Waals surface area contributed by atoms with E-state index in [2.05, 4.69) is 60.5 Å². The van der Waals surface area contributed by atoms with Crippen LogP contribution in [0, 0.1) is 13.8 Å². The van der Waals surface area contributed by atoms with E-state index in [4.69, 9.17) is 4.98 Å². The van der Waals surface area contributed by atoms with Crippen LogP contribution in [0.3, 0.4) is 0 Å². The van der Waals surface area contributed by atoms with Gasteiger partial charge in [0.1, 0.15) is 0 Å². The quantitative estimate of drug-likeness (QED) is 0.943. The van der Waals surface area contributed by atoms with Crippen LogP contribution < -0.4 is 5.32 Å². The smallest absolute Gasteiger partial charge is 0.0776 e. The summed E-state index contributed by atoms with van der Waals surface area (Å²) in [5.41, 5.74) is 5.00. The summed E-state index contributed by atoms with van der Waals surface area (Å²) < 4.78 is 0. The summed E-state index contributed by atoms with van der Waals surface area (Å²) in [7, 11) is 0. The second-order valence-corrected chi connectivity index (χ2v) is 6.21. The molecule has 3 heteroatoms. The first kappa shape index (κ1) is 15.2. The van der Waals surface area contributed by atoms with Crippen LogP contribution in [0.5, 0.6) is 0 Å². The first-order valence-corrected chi connectivity index (χ1v) is 8.18. The van der Waals surface area contributed by atoms with Gasteiger partial charge in [0.25, 0.3) is 0 Å². The number of hydrogen-bond donors (Lipinski definition) is 1. The standard InChI is InChI=1S/C19H25N3/c1-15-4-7-17(8-5-15)19(18-9-6-16(2)14-21-18)22-12-3-10-20-11-13-22/h4-9,14,19-20H,3,10-13H2,1-2H3. The summed E-state index contributed by atoms with van der Waals surface area (Å²) in [4.78, 5) is 7.28. The molecule has 22 heavy (non-hydrogen) atoms. The predicted molar refractivity (Wildman–Crippen MR) is 91.1 cm³/mol. The Kier molecular flexibility index (Phi) is 4.86. The van der Waals surface area contributed by atoms with Gasteiger partial charge in [0, 0.05) is 25.8 Å². The molecule has 0 saturated carbocycles. The lowest BCUT2D eigenvalue weighted by molar-refractivity contribution is 0.237. The molecular formula is C19H25N3. The molecule has 0 spiro atoms. The van der Waals surface area contributed by atoms with E-state index >= 15 is 0 Å². The van der Waals surface area contributed by atoms with E-state index < -0.39 is 0 Å². The van der Waals surface area contributed by atoms with Gasteiger partial charge in [-0.05, 0) is 44.0 Å². The third kappa shape index (κ3) is 3.54. The predicted octanol–water partition coefficient (Wildman–Crippen LogP) is 3.08. The highest BCUT2D eigenvalue weighted by atomic mass is 15.2. The Balaban J connectivity index is 1.96. The van der Waals surface area contributed by atoms with Crippen LogP contribution in [0.25, 0.3) is 0 Å². The molecule has 2 aromatic rings. The number of aryl methyl sites for hydroxylation is 2. The lowest BCUT2D eigenvalue weighted by Gasteiger charge is -2.30. The molecule has 116 valence electrons. The Hall–Kier alpha value is -1.71. The summed E-state index contributed by atoms with van der Waals surface area (Å²) >= 11 is 0. The molecule has 1 aliphatic heterocycles. The number of aromatic nitrogens is 1. The van der Waals surface area contributed by atoms with Gasteiger partial charge in [-0.15, -0.1) is 0 Å². The second-order valence-electron chi connectivity index (χ2n) is 6.21. The molecule has 1 aliphatic rings. The van der Waals surface area contributed by atoms with E-state index in [1.165, 1.54) is 23.1 Å². The second kappa shape index (κ2) is 7.03. The van der Waals surface area contributed by atoms with Crippen LogP contribution >= 0.6 is 0 Å². The number of rotatable bonds is 3. The summed E-state index contributed by atoms with van der Waals surface area (Å²) in [6.45, 7) is 8.56. The Labute approximate surface area is 133 Å². The molecule has 1 aromatic carbocycles. The molecule has 3 rings (SSSR count). The third-order valence-electron chi connectivity index (χ3n) is 4.35. The largest absolute Gasteiger partial charge is 0.315 e. The minimum atomic E-state index is 0.251. The zero-order valence-electron chi connectivity index (χ0n) is 13.5. The van der Waals surface area contributed by atoms with E-state index in [1.54, 1.807) is 0 Å². The van der Waals surface area contributed by atoms with Gasteiger partial charge in [-0.1, -0.05) is 35.9 Å². The molecule has 1 aromatic heterocycles. The molecular weight excluding hydrogens is 270 g/mol. The van der Waals surface area contributed by atoms with Crippen molar-refractivity contribution in [3.63, 3.8) is 0 Å². The number of nitrogens with one attached hydrogen (secondary N) is 1. The lowest BCUT2D eigenvalue weighted by atomic mass is 9.99. The van der Waals surface area contributed by atoms with Gasteiger partial charge < -0.3 is 5.32 Å². The molecule has 0 bridgehead atoms. The monoisotopic (exact) mass is 295 g/mol. The van der Waals surface area contributed by atoms with E-state index in [0.717, 1.165) is 31.9 Å². The van der Waals surface area contributed by atoms with Crippen molar-refractivity contribution >= 4 is 0 Å². The molecule has 0 aliphatic carbocycles. The van der Waals surface area contributed by atoms with Crippen molar-refractivity contribution in [2.75, 3.05) is 26.2 Å². The first-order chi connectivity index (χ1) is 10.7.